The van der Waals surface area contributed by atoms with Gasteiger partial charge in [0.05, 0.1) is 11.4 Å². The van der Waals surface area contributed by atoms with Crippen molar-refractivity contribution in [2.45, 2.75) is 25.7 Å². The molecule has 1 aliphatic rings. The first-order valence-electron chi connectivity index (χ1n) is 6.37. The molecule has 3 heteroatoms. The Morgan fingerprint density at radius 3 is 2.65 bits per heavy atom. The zero-order chi connectivity index (χ0) is 12.3. The monoisotopic (exact) mass is 296 g/mol. The predicted octanol–water partition coefficient (Wildman–Crippen LogP) is 4.12. The van der Waals surface area contributed by atoms with E-state index in [-0.39, 0.29) is 0 Å². The summed E-state index contributed by atoms with van der Waals surface area (Å²) in [5.41, 5.74) is 2.49. The lowest BCUT2D eigenvalue weighted by Crippen LogP contribution is -2.15. The van der Waals surface area contributed by atoms with Crippen LogP contribution in [0, 0.1) is 5.92 Å². The third kappa shape index (κ3) is 3.38. The zero-order valence-corrected chi connectivity index (χ0v) is 12.3. The Labute approximate surface area is 113 Å². The summed E-state index contributed by atoms with van der Waals surface area (Å²) in [4.78, 5) is 2.16. The summed E-state index contributed by atoms with van der Waals surface area (Å²) in [6.45, 7) is 1.11. The fourth-order valence-electron chi connectivity index (χ4n) is 2.51. The van der Waals surface area contributed by atoms with E-state index in [2.05, 4.69) is 58.4 Å². The van der Waals surface area contributed by atoms with Crippen molar-refractivity contribution in [1.82, 2.24) is 0 Å². The number of hydrogen-bond acceptors (Lipinski definition) is 2. The fourth-order valence-corrected chi connectivity index (χ4v) is 2.87. The van der Waals surface area contributed by atoms with Crippen molar-refractivity contribution in [3.05, 3.63) is 22.7 Å². The SMILES string of the molecule is CN(C)c1ccc(Br)cc1NCC1CCCC1. The Kier molecular flexibility index (Phi) is 4.32. The highest BCUT2D eigenvalue weighted by atomic mass is 79.9. The third-order valence-electron chi connectivity index (χ3n) is 3.50. The van der Waals surface area contributed by atoms with Crippen LogP contribution in [0.25, 0.3) is 0 Å². The molecule has 0 aromatic heterocycles. The maximum atomic E-state index is 3.61. The number of halogens is 1. The zero-order valence-electron chi connectivity index (χ0n) is 10.7. The van der Waals surface area contributed by atoms with E-state index >= 15 is 0 Å². The van der Waals surface area contributed by atoms with Crippen LogP contribution in [-0.2, 0) is 0 Å². The molecule has 2 nitrogen and oxygen atoms in total. The molecule has 2 rings (SSSR count). The minimum absolute atomic E-state index is 0.865. The molecule has 1 fully saturated rings. The number of anilines is 2. The van der Waals surface area contributed by atoms with E-state index in [4.69, 9.17) is 0 Å². The molecule has 1 aromatic carbocycles. The highest BCUT2D eigenvalue weighted by Crippen LogP contribution is 2.30. The number of benzene rings is 1. The molecule has 0 atom stereocenters. The highest BCUT2D eigenvalue weighted by molar-refractivity contribution is 9.10. The van der Waals surface area contributed by atoms with Gasteiger partial charge >= 0.3 is 0 Å². The Balaban J connectivity index is 2.04. The largest absolute Gasteiger partial charge is 0.383 e. The van der Waals surface area contributed by atoms with Crippen LogP contribution in [0.5, 0.6) is 0 Å². The summed E-state index contributed by atoms with van der Waals surface area (Å²) in [6, 6.07) is 6.42. The van der Waals surface area contributed by atoms with Crippen molar-refractivity contribution in [3.63, 3.8) is 0 Å². The molecule has 1 aromatic rings. The van der Waals surface area contributed by atoms with Crippen LogP contribution in [0.15, 0.2) is 22.7 Å². The van der Waals surface area contributed by atoms with Crippen LogP contribution in [-0.4, -0.2) is 20.6 Å². The third-order valence-corrected chi connectivity index (χ3v) is 3.99. The van der Waals surface area contributed by atoms with Crippen LogP contribution >= 0.6 is 15.9 Å². The fraction of sp³-hybridized carbons (Fsp3) is 0.571. The standard InChI is InChI=1S/C14H21BrN2/c1-17(2)14-8-7-12(15)9-13(14)16-10-11-5-3-4-6-11/h7-9,11,16H,3-6,10H2,1-2H3. The van der Waals surface area contributed by atoms with Gasteiger partial charge in [0.1, 0.15) is 0 Å². The molecule has 0 heterocycles. The second-order valence-electron chi connectivity index (χ2n) is 5.09. The van der Waals surface area contributed by atoms with Gasteiger partial charge in [-0.2, -0.15) is 0 Å². The second-order valence-corrected chi connectivity index (χ2v) is 6.00. The maximum Gasteiger partial charge on any atom is 0.0597 e. The quantitative estimate of drug-likeness (QED) is 0.899. The molecule has 0 bridgehead atoms. The number of nitrogens with one attached hydrogen (secondary N) is 1. The average molecular weight is 297 g/mol. The molecular weight excluding hydrogens is 276 g/mol. The van der Waals surface area contributed by atoms with Gasteiger partial charge in [-0.05, 0) is 37.0 Å². The molecule has 1 saturated carbocycles. The number of rotatable bonds is 4. The van der Waals surface area contributed by atoms with E-state index in [1.807, 2.05) is 0 Å². The Bertz CT molecular complexity index is 370. The molecule has 1 N–H and O–H groups in total. The van der Waals surface area contributed by atoms with Gasteiger partial charge in [-0.25, -0.2) is 0 Å². The summed E-state index contributed by atoms with van der Waals surface area (Å²) in [5.74, 6) is 0.865. The van der Waals surface area contributed by atoms with Gasteiger partial charge in [-0.3, -0.25) is 0 Å². The van der Waals surface area contributed by atoms with Gasteiger partial charge in [0.2, 0.25) is 0 Å². The first-order chi connectivity index (χ1) is 8.16. The molecule has 17 heavy (non-hydrogen) atoms. The van der Waals surface area contributed by atoms with Crippen molar-refractivity contribution in [3.8, 4) is 0 Å². The number of nitrogens with zero attached hydrogens (tertiary/aromatic N) is 1. The summed E-state index contributed by atoms with van der Waals surface area (Å²) in [7, 11) is 4.17. The van der Waals surface area contributed by atoms with Crippen LogP contribution in [0.1, 0.15) is 25.7 Å². The first-order valence-corrected chi connectivity index (χ1v) is 7.17. The molecule has 0 amide bonds. The normalized spacial score (nSPS) is 16.2. The number of hydrogen-bond donors (Lipinski definition) is 1. The molecule has 1 aliphatic carbocycles. The minimum Gasteiger partial charge on any atom is -0.383 e. The first kappa shape index (κ1) is 12.7. The van der Waals surface area contributed by atoms with Gasteiger partial charge in [0.25, 0.3) is 0 Å². The molecule has 0 saturated heterocycles. The lowest BCUT2D eigenvalue weighted by Gasteiger charge is -2.20. The van der Waals surface area contributed by atoms with Gasteiger partial charge in [0, 0.05) is 25.1 Å². The van der Waals surface area contributed by atoms with E-state index in [9.17, 15) is 0 Å². The smallest absolute Gasteiger partial charge is 0.0597 e. The highest BCUT2D eigenvalue weighted by Gasteiger charge is 2.15. The minimum atomic E-state index is 0.865. The van der Waals surface area contributed by atoms with E-state index in [1.165, 1.54) is 37.1 Å². The van der Waals surface area contributed by atoms with E-state index < -0.39 is 0 Å². The predicted molar refractivity (Wildman–Crippen MR) is 78.9 cm³/mol. The second kappa shape index (κ2) is 5.76. The summed E-state index contributed by atoms with van der Waals surface area (Å²) < 4.78 is 1.14. The van der Waals surface area contributed by atoms with Gasteiger partial charge < -0.3 is 10.2 Å². The van der Waals surface area contributed by atoms with Crippen LogP contribution < -0.4 is 10.2 Å². The topological polar surface area (TPSA) is 15.3 Å². The van der Waals surface area contributed by atoms with Gasteiger partial charge in [-0.1, -0.05) is 28.8 Å². The summed E-state index contributed by atoms with van der Waals surface area (Å²) in [5, 5.41) is 3.61. The van der Waals surface area contributed by atoms with Crippen LogP contribution in [0.4, 0.5) is 11.4 Å². The van der Waals surface area contributed by atoms with Gasteiger partial charge in [0.15, 0.2) is 0 Å². The van der Waals surface area contributed by atoms with Crippen LogP contribution in [0.3, 0.4) is 0 Å². The lowest BCUT2D eigenvalue weighted by atomic mass is 10.1. The maximum absolute atomic E-state index is 3.61. The molecular formula is C14H21BrN2. The van der Waals surface area contributed by atoms with Crippen molar-refractivity contribution >= 4 is 27.3 Å². The molecule has 0 radical (unpaired) electrons. The lowest BCUT2D eigenvalue weighted by molar-refractivity contribution is 0.580. The van der Waals surface area contributed by atoms with E-state index in [0.717, 1.165) is 16.9 Å². The Morgan fingerprint density at radius 1 is 1.29 bits per heavy atom. The van der Waals surface area contributed by atoms with E-state index in [1.54, 1.807) is 0 Å². The Morgan fingerprint density at radius 2 is 2.00 bits per heavy atom. The Hall–Kier alpha value is -0.700. The summed E-state index contributed by atoms with van der Waals surface area (Å²) >= 11 is 3.54. The van der Waals surface area contributed by atoms with E-state index in [0.29, 0.717) is 0 Å². The van der Waals surface area contributed by atoms with Crippen molar-refractivity contribution in [2.75, 3.05) is 30.9 Å². The van der Waals surface area contributed by atoms with Crippen molar-refractivity contribution in [1.29, 1.82) is 0 Å². The molecule has 94 valence electrons. The molecule has 0 aliphatic heterocycles. The van der Waals surface area contributed by atoms with Gasteiger partial charge in [-0.15, -0.1) is 0 Å². The van der Waals surface area contributed by atoms with Crippen molar-refractivity contribution in [2.24, 2.45) is 5.92 Å². The van der Waals surface area contributed by atoms with Crippen LogP contribution in [0.2, 0.25) is 0 Å². The summed E-state index contributed by atoms with van der Waals surface area (Å²) in [6.07, 6.45) is 5.59. The molecule has 0 spiro atoms. The molecule has 0 unspecified atom stereocenters. The van der Waals surface area contributed by atoms with Crippen molar-refractivity contribution < 1.29 is 0 Å². The average Bonchev–Trinajstić information content (AvgIpc) is 2.78.